The Morgan fingerprint density at radius 3 is 3.11 bits per heavy atom. The van der Waals surface area contributed by atoms with Gasteiger partial charge in [-0.25, -0.2) is 0 Å². The van der Waals surface area contributed by atoms with Crippen molar-refractivity contribution >= 4 is 22.9 Å². The molecule has 0 radical (unpaired) electrons. The van der Waals surface area contributed by atoms with Gasteiger partial charge in [0.15, 0.2) is 0 Å². The fourth-order valence-electron chi connectivity index (χ4n) is 3.05. The Hall–Kier alpha value is -1.20. The lowest BCUT2D eigenvalue weighted by atomic mass is 10.1. The molecule has 0 aliphatic carbocycles. The molecule has 2 fully saturated rings. The first-order chi connectivity index (χ1) is 8.75. The topological polar surface area (TPSA) is 45.4 Å². The summed E-state index contributed by atoms with van der Waals surface area (Å²) >= 11 is 5.09. The van der Waals surface area contributed by atoms with Gasteiger partial charge in [0, 0.05) is 31.9 Å². The number of pyridine rings is 1. The minimum Gasteiger partial charge on any atom is -0.388 e. The predicted molar refractivity (Wildman–Crippen MR) is 76.9 cm³/mol. The molecule has 2 saturated heterocycles. The van der Waals surface area contributed by atoms with E-state index in [2.05, 4.69) is 20.9 Å². The lowest BCUT2D eigenvalue weighted by Gasteiger charge is -2.39. The van der Waals surface area contributed by atoms with Gasteiger partial charge < -0.3 is 10.6 Å². The molecule has 0 spiro atoms. The fraction of sp³-hybridized carbons (Fsp3) is 0.538. The van der Waals surface area contributed by atoms with Crippen molar-refractivity contribution in [3.05, 3.63) is 24.0 Å². The number of thiocarbonyl (C=S) groups is 1. The molecule has 0 amide bonds. The second-order valence-electron chi connectivity index (χ2n) is 5.01. The zero-order valence-corrected chi connectivity index (χ0v) is 11.2. The van der Waals surface area contributed by atoms with Crippen LogP contribution in [0.15, 0.2) is 18.3 Å². The summed E-state index contributed by atoms with van der Waals surface area (Å²) in [4.78, 5) is 9.68. The molecule has 1 aromatic heterocycles. The fourth-order valence-corrected chi connectivity index (χ4v) is 3.21. The molecule has 18 heavy (non-hydrogen) atoms. The minimum atomic E-state index is 0.388. The van der Waals surface area contributed by atoms with Crippen LogP contribution in [-0.4, -0.2) is 47.1 Å². The molecule has 1 unspecified atom stereocenters. The van der Waals surface area contributed by atoms with Gasteiger partial charge in [-0.15, -0.1) is 0 Å². The van der Waals surface area contributed by atoms with Crippen LogP contribution in [0.1, 0.15) is 18.5 Å². The third kappa shape index (κ3) is 2.08. The van der Waals surface area contributed by atoms with Crippen LogP contribution in [0.3, 0.4) is 0 Å². The van der Waals surface area contributed by atoms with Gasteiger partial charge in [-0.1, -0.05) is 12.2 Å². The quantitative estimate of drug-likeness (QED) is 0.806. The number of fused-ring (bicyclic) bond motifs is 1. The standard InChI is InChI=1S/C13H18N4S/c14-13(18)12-11(4-1-5-15-12)17-8-7-16-6-2-3-10(16)9-17/h1,4-5,10H,2-3,6-9H2,(H2,14,18). The van der Waals surface area contributed by atoms with Crippen LogP contribution < -0.4 is 10.6 Å². The van der Waals surface area contributed by atoms with E-state index >= 15 is 0 Å². The highest BCUT2D eigenvalue weighted by Crippen LogP contribution is 2.26. The third-order valence-electron chi connectivity index (χ3n) is 3.95. The van der Waals surface area contributed by atoms with E-state index in [0.29, 0.717) is 11.0 Å². The van der Waals surface area contributed by atoms with E-state index in [4.69, 9.17) is 18.0 Å². The molecule has 3 rings (SSSR count). The van der Waals surface area contributed by atoms with E-state index in [1.54, 1.807) is 6.20 Å². The van der Waals surface area contributed by atoms with E-state index < -0.39 is 0 Å². The zero-order chi connectivity index (χ0) is 12.5. The van der Waals surface area contributed by atoms with Crippen LogP contribution in [0, 0.1) is 0 Å². The molecular weight excluding hydrogens is 244 g/mol. The minimum absolute atomic E-state index is 0.388. The Balaban J connectivity index is 1.85. The number of piperazine rings is 1. The maximum absolute atomic E-state index is 5.76. The van der Waals surface area contributed by atoms with Gasteiger partial charge in [0.2, 0.25) is 0 Å². The van der Waals surface area contributed by atoms with Crippen molar-refractivity contribution in [1.82, 2.24) is 9.88 Å². The van der Waals surface area contributed by atoms with Crippen molar-refractivity contribution in [3.8, 4) is 0 Å². The Labute approximate surface area is 113 Å². The summed E-state index contributed by atoms with van der Waals surface area (Å²) in [6.07, 6.45) is 4.39. The Bertz CT molecular complexity index is 462. The number of anilines is 1. The van der Waals surface area contributed by atoms with Gasteiger partial charge in [-0.2, -0.15) is 0 Å². The van der Waals surface area contributed by atoms with Crippen LogP contribution in [0.4, 0.5) is 5.69 Å². The van der Waals surface area contributed by atoms with Gasteiger partial charge in [0.25, 0.3) is 0 Å². The molecule has 1 atom stereocenters. The molecule has 0 bridgehead atoms. The van der Waals surface area contributed by atoms with Crippen LogP contribution in [-0.2, 0) is 0 Å². The lowest BCUT2D eigenvalue weighted by molar-refractivity contribution is 0.231. The van der Waals surface area contributed by atoms with Crippen molar-refractivity contribution in [2.24, 2.45) is 5.73 Å². The van der Waals surface area contributed by atoms with Gasteiger partial charge in [0.1, 0.15) is 10.7 Å². The maximum atomic E-state index is 5.76. The molecule has 0 saturated carbocycles. The Kier molecular flexibility index (Phi) is 3.18. The molecular formula is C13H18N4S. The van der Waals surface area contributed by atoms with Crippen molar-refractivity contribution in [3.63, 3.8) is 0 Å². The van der Waals surface area contributed by atoms with Crippen molar-refractivity contribution in [1.29, 1.82) is 0 Å². The molecule has 1 aromatic rings. The number of rotatable bonds is 2. The summed E-state index contributed by atoms with van der Waals surface area (Å²) in [5.74, 6) is 0. The van der Waals surface area contributed by atoms with Crippen molar-refractivity contribution in [2.45, 2.75) is 18.9 Å². The number of nitrogens with zero attached hydrogens (tertiary/aromatic N) is 3. The number of aromatic nitrogens is 1. The largest absolute Gasteiger partial charge is 0.388 e. The Morgan fingerprint density at radius 1 is 1.39 bits per heavy atom. The molecule has 2 N–H and O–H groups in total. The molecule has 96 valence electrons. The molecule has 0 aromatic carbocycles. The number of hydrogen-bond donors (Lipinski definition) is 1. The second-order valence-corrected chi connectivity index (χ2v) is 5.45. The third-order valence-corrected chi connectivity index (χ3v) is 4.14. The van der Waals surface area contributed by atoms with Crippen molar-refractivity contribution < 1.29 is 0 Å². The van der Waals surface area contributed by atoms with Crippen LogP contribution >= 0.6 is 12.2 Å². The van der Waals surface area contributed by atoms with Crippen LogP contribution in [0.2, 0.25) is 0 Å². The summed E-state index contributed by atoms with van der Waals surface area (Å²) in [7, 11) is 0. The molecule has 3 heterocycles. The van der Waals surface area contributed by atoms with Crippen molar-refractivity contribution in [2.75, 3.05) is 31.1 Å². The summed E-state index contributed by atoms with van der Waals surface area (Å²) in [5, 5.41) is 0. The molecule has 4 nitrogen and oxygen atoms in total. The highest BCUT2D eigenvalue weighted by molar-refractivity contribution is 7.80. The smallest absolute Gasteiger partial charge is 0.124 e. The second kappa shape index (κ2) is 4.82. The van der Waals surface area contributed by atoms with Gasteiger partial charge in [-0.3, -0.25) is 9.88 Å². The molecule has 5 heteroatoms. The first kappa shape index (κ1) is 11.9. The summed E-state index contributed by atoms with van der Waals surface area (Å²) < 4.78 is 0. The first-order valence-corrected chi connectivity index (χ1v) is 6.90. The highest BCUT2D eigenvalue weighted by Gasteiger charge is 2.31. The average Bonchev–Trinajstić information content (AvgIpc) is 2.85. The lowest BCUT2D eigenvalue weighted by Crippen LogP contribution is -2.50. The summed E-state index contributed by atoms with van der Waals surface area (Å²) in [5.41, 5.74) is 7.62. The summed E-state index contributed by atoms with van der Waals surface area (Å²) in [6, 6.07) is 4.72. The molecule has 2 aliphatic rings. The number of hydrogen-bond acceptors (Lipinski definition) is 4. The zero-order valence-electron chi connectivity index (χ0n) is 10.4. The maximum Gasteiger partial charge on any atom is 0.124 e. The van der Waals surface area contributed by atoms with E-state index in [9.17, 15) is 0 Å². The van der Waals surface area contributed by atoms with E-state index in [0.717, 1.165) is 31.0 Å². The van der Waals surface area contributed by atoms with Gasteiger partial charge >= 0.3 is 0 Å². The monoisotopic (exact) mass is 262 g/mol. The van der Waals surface area contributed by atoms with E-state index in [1.165, 1.54) is 19.4 Å². The highest BCUT2D eigenvalue weighted by atomic mass is 32.1. The summed E-state index contributed by atoms with van der Waals surface area (Å²) in [6.45, 7) is 4.50. The van der Waals surface area contributed by atoms with E-state index in [1.807, 2.05) is 6.07 Å². The molecule has 2 aliphatic heterocycles. The van der Waals surface area contributed by atoms with Crippen LogP contribution in [0.25, 0.3) is 0 Å². The van der Waals surface area contributed by atoms with Gasteiger partial charge in [-0.05, 0) is 31.5 Å². The Morgan fingerprint density at radius 2 is 2.28 bits per heavy atom. The first-order valence-electron chi connectivity index (χ1n) is 6.49. The number of nitrogens with two attached hydrogens (primary N) is 1. The normalized spacial score (nSPS) is 24.0. The van der Waals surface area contributed by atoms with Gasteiger partial charge in [0.05, 0.1) is 5.69 Å². The predicted octanol–water partition coefficient (Wildman–Crippen LogP) is 1.00. The van der Waals surface area contributed by atoms with Crippen LogP contribution in [0.5, 0.6) is 0 Å². The SMILES string of the molecule is NC(=S)c1ncccc1N1CCN2CCCC2C1. The van der Waals surface area contributed by atoms with E-state index in [-0.39, 0.29) is 0 Å². The average molecular weight is 262 g/mol.